The van der Waals surface area contributed by atoms with Crippen molar-refractivity contribution in [2.45, 2.75) is 336 Å². The Hall–Kier alpha value is -9.21. The molecular formula is C141H180O3S3. The summed E-state index contributed by atoms with van der Waals surface area (Å²) in [5, 5.41) is 0.858. The second-order valence-corrected chi connectivity index (χ2v) is 51.1. The fraction of sp³-hybridized carbons (Fsp3) is 0.447. The predicted octanol–water partition coefficient (Wildman–Crippen LogP) is 39.0. The maximum absolute atomic E-state index is 6.49. The molecule has 780 valence electrons. The Morgan fingerprint density at radius 3 is 1.02 bits per heavy atom. The largest absolute Gasteiger partial charge is 0.376 e. The lowest BCUT2D eigenvalue weighted by molar-refractivity contribution is -0.152. The summed E-state index contributed by atoms with van der Waals surface area (Å²) in [5.41, 5.74) is 28.5. The molecule has 9 atom stereocenters. The van der Waals surface area contributed by atoms with Crippen LogP contribution < -0.4 is 0 Å². The SMILES string of the molecule is Cc1ccccc1COC1CCC[C@@]2(C)CCCC[C@@]12C.Cc1ccccc1COCC(C)(C)C(C)(c1ccccc1)c1ccccc1.Cc1ccccc1COC[C@]1(C)CCCC[C@]1(C)c1ccccc1.Cc1ccccc1CSC1CCC[C@@]2(C)CCCC[C@@]12C.Cc1ccccc1CSCC(C)(C)C(C)(c1ccccc1)c1ccccc1.Cc1ccccc1CSC[C@](C)(c1ccccc1)C(C)(C)c1ccccc1. The van der Waals surface area contributed by atoms with E-state index in [9.17, 15) is 0 Å². The molecule has 0 saturated heterocycles. The Kier molecular flexibility index (Phi) is 41.2. The summed E-state index contributed by atoms with van der Waals surface area (Å²) in [6.07, 6.45) is 25.3. The molecule has 0 N–H and O–H groups in total. The quantitative estimate of drug-likeness (QED) is 0.0417. The van der Waals surface area contributed by atoms with Crippen molar-refractivity contribution in [3.63, 3.8) is 0 Å². The molecule has 0 amide bonds. The van der Waals surface area contributed by atoms with Crippen molar-refractivity contribution in [1.82, 2.24) is 0 Å². The van der Waals surface area contributed by atoms with Crippen LogP contribution in [0.25, 0.3) is 0 Å². The maximum Gasteiger partial charge on any atom is 0.0723 e. The third kappa shape index (κ3) is 27.7. The number of fused-ring (bicyclic) bond motifs is 2. The predicted molar refractivity (Wildman–Crippen MR) is 639 cm³/mol. The van der Waals surface area contributed by atoms with Crippen LogP contribution in [0, 0.1) is 79.4 Å². The fourth-order valence-electron chi connectivity index (χ4n) is 25.2. The summed E-state index contributed by atoms with van der Waals surface area (Å²) in [6, 6.07) is 129. The number of ether oxygens (including phenoxy) is 3. The fourth-order valence-corrected chi connectivity index (χ4v) is 30.0. The summed E-state index contributed by atoms with van der Waals surface area (Å²) in [5.74, 6) is 5.49. The maximum atomic E-state index is 6.49. The summed E-state index contributed by atoms with van der Waals surface area (Å²) in [4.78, 5) is 0. The van der Waals surface area contributed by atoms with Gasteiger partial charge in [-0.1, -0.05) is 513 Å². The lowest BCUT2D eigenvalue weighted by atomic mass is 9.50. The number of hydrogen-bond donors (Lipinski definition) is 0. The van der Waals surface area contributed by atoms with Gasteiger partial charge in [0.05, 0.1) is 39.1 Å². The monoisotopic (exact) mass is 2020 g/mol. The van der Waals surface area contributed by atoms with Gasteiger partial charge in [-0.2, -0.15) is 35.3 Å². The van der Waals surface area contributed by atoms with Crippen molar-refractivity contribution in [2.75, 3.05) is 24.7 Å². The number of rotatable bonds is 32. The van der Waals surface area contributed by atoms with E-state index in [4.69, 9.17) is 14.2 Å². The van der Waals surface area contributed by atoms with Gasteiger partial charge in [0.2, 0.25) is 0 Å². The van der Waals surface area contributed by atoms with E-state index in [1.54, 1.807) is 0 Å². The lowest BCUT2D eigenvalue weighted by Crippen LogP contribution is -2.52. The van der Waals surface area contributed by atoms with Crippen molar-refractivity contribution >= 4 is 35.3 Å². The third-order valence-corrected chi connectivity index (χ3v) is 42.3. The molecule has 0 spiro atoms. The zero-order valence-corrected chi connectivity index (χ0v) is 96.4. The molecule has 5 fully saturated rings. The van der Waals surface area contributed by atoms with Gasteiger partial charge in [-0.25, -0.2) is 0 Å². The van der Waals surface area contributed by atoms with Crippen LogP contribution >= 0.6 is 35.3 Å². The smallest absolute Gasteiger partial charge is 0.0723 e. The molecule has 0 aromatic heterocycles. The normalized spacial score (nSPS) is 21.8. The molecule has 0 heterocycles. The van der Waals surface area contributed by atoms with Gasteiger partial charge in [-0.15, -0.1) is 0 Å². The molecule has 0 aliphatic heterocycles. The van der Waals surface area contributed by atoms with Gasteiger partial charge in [-0.3, -0.25) is 0 Å². The molecule has 2 unspecified atom stereocenters. The van der Waals surface area contributed by atoms with E-state index in [-0.39, 0.29) is 43.3 Å². The highest BCUT2D eigenvalue weighted by Crippen LogP contribution is 2.63. The van der Waals surface area contributed by atoms with Gasteiger partial charge in [-0.05, 0) is 250 Å². The molecule has 0 bridgehead atoms. The van der Waals surface area contributed by atoms with Crippen molar-refractivity contribution in [3.05, 3.63) is 464 Å². The average Bonchev–Trinajstić information content (AvgIpc) is 0.726. The molecule has 13 aromatic rings. The molecule has 5 aliphatic carbocycles. The van der Waals surface area contributed by atoms with Gasteiger partial charge in [0.25, 0.3) is 0 Å². The zero-order valence-electron chi connectivity index (χ0n) is 94.0. The molecule has 3 nitrogen and oxygen atoms in total. The first-order chi connectivity index (χ1) is 70.5. The second-order valence-electron chi connectivity index (χ2n) is 47.9. The van der Waals surface area contributed by atoms with E-state index < -0.39 is 0 Å². The molecule has 147 heavy (non-hydrogen) atoms. The zero-order chi connectivity index (χ0) is 105. The summed E-state index contributed by atoms with van der Waals surface area (Å²) < 4.78 is 19.0. The summed E-state index contributed by atoms with van der Waals surface area (Å²) in [7, 11) is 0. The molecule has 5 saturated carbocycles. The van der Waals surface area contributed by atoms with Crippen molar-refractivity contribution in [2.24, 2.45) is 37.9 Å². The van der Waals surface area contributed by atoms with Crippen LogP contribution in [0.3, 0.4) is 0 Å². The Morgan fingerprint density at radius 1 is 0.279 bits per heavy atom. The van der Waals surface area contributed by atoms with Gasteiger partial charge >= 0.3 is 0 Å². The van der Waals surface area contributed by atoms with E-state index in [1.807, 2.05) is 23.5 Å². The van der Waals surface area contributed by atoms with Crippen LogP contribution in [0.4, 0.5) is 0 Å². The highest BCUT2D eigenvalue weighted by molar-refractivity contribution is 7.99. The van der Waals surface area contributed by atoms with Crippen LogP contribution in [0.15, 0.2) is 358 Å². The van der Waals surface area contributed by atoms with Crippen LogP contribution in [0.5, 0.6) is 0 Å². The summed E-state index contributed by atoms with van der Waals surface area (Å²) in [6.45, 7) is 53.3. The molecule has 6 heteroatoms. The van der Waals surface area contributed by atoms with Crippen LogP contribution in [-0.4, -0.2) is 36.1 Å². The van der Waals surface area contributed by atoms with E-state index in [0.29, 0.717) is 47.6 Å². The molecule has 13 aromatic carbocycles. The number of benzene rings is 13. The van der Waals surface area contributed by atoms with Gasteiger partial charge in [0.1, 0.15) is 0 Å². The third-order valence-electron chi connectivity index (χ3n) is 37.9. The van der Waals surface area contributed by atoms with Crippen molar-refractivity contribution in [1.29, 1.82) is 0 Å². The van der Waals surface area contributed by atoms with Crippen LogP contribution in [0.1, 0.15) is 325 Å². The number of aryl methyl sites for hydroxylation is 6. The Bertz CT molecular complexity index is 5790. The van der Waals surface area contributed by atoms with Gasteiger partial charge in [0, 0.05) is 60.8 Å². The van der Waals surface area contributed by atoms with Crippen molar-refractivity contribution in [3.8, 4) is 0 Å². The minimum atomic E-state index is -0.152. The topological polar surface area (TPSA) is 27.7 Å². The van der Waals surface area contributed by atoms with E-state index in [0.717, 1.165) is 41.5 Å². The van der Waals surface area contributed by atoms with Crippen LogP contribution in [-0.2, 0) is 78.4 Å². The van der Waals surface area contributed by atoms with E-state index in [2.05, 4.69) is 515 Å². The summed E-state index contributed by atoms with van der Waals surface area (Å²) >= 11 is 6.34. The van der Waals surface area contributed by atoms with E-state index in [1.165, 1.54) is 227 Å². The Labute approximate surface area is 905 Å². The minimum Gasteiger partial charge on any atom is -0.376 e. The molecular weight excluding hydrogens is 1840 g/mol. The van der Waals surface area contributed by atoms with Gasteiger partial charge < -0.3 is 14.2 Å². The first-order valence-electron chi connectivity index (χ1n) is 55.7. The first kappa shape index (κ1) is 115. The van der Waals surface area contributed by atoms with E-state index >= 15 is 0 Å². The standard InChI is InChI=1S/C26H30O.2C26H30S.C23H30O.C20H30O.C20H30S/c1-21-13-11-12-14-22(21)19-27-20-25(2,3)26(4,23-15-7-5-8-16-23)24-17-9-6-10-18-24;1-21-13-11-12-14-22(21)19-27-20-26(4,24-17-9-6-10-18-24)25(2,3)23-15-7-5-8-16-23;1-21-13-11-12-14-22(21)19-27-20-25(2,3)26(4,23-15-7-5-8-16-23)24-17-9-6-10-18-24;1-19-11-7-8-12-20(19)17-24-18-22(2)15-9-10-16-23(22,3)21-13-5-4-6-14-21;2*1-16-9-4-5-10-17(16)15-21-18-11-8-13-19(2)12-6-7-14-20(18,19)3/h3*5-18H,19-20H2,1-4H3;4-8,11-14H,9-10,15-18H2,1-3H3;2*4-5,9-10,18H,6-8,11-15H2,1-3H3/t;26-;;22-,23+;2*18?,19-,20+/m.1.011/s1. The highest BCUT2D eigenvalue weighted by Gasteiger charge is 2.56. The Morgan fingerprint density at radius 2 is 0.592 bits per heavy atom. The highest BCUT2D eigenvalue weighted by atomic mass is 32.2. The number of thioether (sulfide) groups is 3. The Balaban J connectivity index is 0.000000148. The molecule has 5 aliphatic rings. The van der Waals surface area contributed by atoms with Crippen LogP contribution in [0.2, 0.25) is 0 Å². The number of hydrogen-bond acceptors (Lipinski definition) is 6. The first-order valence-corrected chi connectivity index (χ1v) is 59.1. The van der Waals surface area contributed by atoms with Crippen molar-refractivity contribution < 1.29 is 14.2 Å². The lowest BCUT2D eigenvalue weighted by Gasteiger charge is -2.57. The average molecular weight is 2020 g/mol. The van der Waals surface area contributed by atoms with Gasteiger partial charge in [0.15, 0.2) is 0 Å². The molecule has 0 radical (unpaired) electrons. The minimum absolute atomic E-state index is 0.0222. The molecule has 18 rings (SSSR count). The second kappa shape index (κ2) is 52.7.